The highest BCUT2D eigenvalue weighted by atomic mass is 79.9. The van der Waals surface area contributed by atoms with Crippen molar-refractivity contribution in [1.29, 1.82) is 0 Å². The summed E-state index contributed by atoms with van der Waals surface area (Å²) in [6, 6.07) is 5.21. The zero-order chi connectivity index (χ0) is 12.3. The minimum absolute atomic E-state index is 0.142. The molecule has 94 valence electrons. The van der Waals surface area contributed by atoms with E-state index in [1.165, 1.54) is 18.9 Å². The Bertz CT molecular complexity index is 360. The van der Waals surface area contributed by atoms with Gasteiger partial charge in [-0.1, -0.05) is 22.9 Å². The third-order valence-electron chi connectivity index (χ3n) is 3.65. The Hall–Kier alpha value is -0.410. The molecule has 0 heterocycles. The second-order valence-corrected chi connectivity index (χ2v) is 5.80. The van der Waals surface area contributed by atoms with Gasteiger partial charge in [-0.05, 0) is 68.0 Å². The molecule has 2 rings (SSSR count). The van der Waals surface area contributed by atoms with Crippen LogP contribution in [0.25, 0.3) is 0 Å². The van der Waals surface area contributed by atoms with Crippen LogP contribution in [-0.4, -0.2) is 13.1 Å². The molecule has 0 aliphatic heterocycles. The molecular formula is C14H19BrFN. The van der Waals surface area contributed by atoms with Crippen molar-refractivity contribution >= 4 is 15.9 Å². The number of halogens is 2. The number of hydrogen-bond acceptors (Lipinski definition) is 1. The Morgan fingerprint density at radius 2 is 2.06 bits per heavy atom. The normalized spacial score (nSPS) is 23.5. The standard InChI is InChI=1S/C14H19BrFN/c1-2-17-9-12-4-3-11(12)5-10-6-13(15)8-14(16)7-10/h6-8,11-12,17H,2-5,9H2,1H3. The van der Waals surface area contributed by atoms with Gasteiger partial charge in [-0.25, -0.2) is 4.39 Å². The van der Waals surface area contributed by atoms with Gasteiger partial charge in [-0.2, -0.15) is 0 Å². The summed E-state index contributed by atoms with van der Waals surface area (Å²) in [6.07, 6.45) is 3.60. The van der Waals surface area contributed by atoms with Crippen molar-refractivity contribution in [3.8, 4) is 0 Å². The van der Waals surface area contributed by atoms with E-state index in [4.69, 9.17) is 0 Å². The van der Waals surface area contributed by atoms with E-state index < -0.39 is 0 Å². The van der Waals surface area contributed by atoms with Gasteiger partial charge in [-0.3, -0.25) is 0 Å². The zero-order valence-corrected chi connectivity index (χ0v) is 11.8. The maximum atomic E-state index is 13.3. The Morgan fingerprint density at radius 3 is 2.65 bits per heavy atom. The monoisotopic (exact) mass is 299 g/mol. The molecule has 3 heteroatoms. The molecule has 0 radical (unpaired) electrons. The summed E-state index contributed by atoms with van der Waals surface area (Å²) >= 11 is 3.35. The molecule has 1 aliphatic rings. The summed E-state index contributed by atoms with van der Waals surface area (Å²) in [5, 5.41) is 3.41. The van der Waals surface area contributed by atoms with E-state index in [2.05, 4.69) is 28.2 Å². The fourth-order valence-electron chi connectivity index (χ4n) is 2.54. The van der Waals surface area contributed by atoms with Gasteiger partial charge in [0.25, 0.3) is 0 Å². The highest BCUT2D eigenvalue weighted by Gasteiger charge is 2.30. The molecule has 0 saturated heterocycles. The molecular weight excluding hydrogens is 281 g/mol. The maximum absolute atomic E-state index is 13.3. The van der Waals surface area contributed by atoms with Crippen molar-refractivity contribution < 1.29 is 4.39 Å². The van der Waals surface area contributed by atoms with Crippen LogP contribution >= 0.6 is 15.9 Å². The highest BCUT2D eigenvalue weighted by molar-refractivity contribution is 9.10. The number of rotatable bonds is 5. The topological polar surface area (TPSA) is 12.0 Å². The summed E-state index contributed by atoms with van der Waals surface area (Å²) in [6.45, 7) is 4.28. The number of benzene rings is 1. The third-order valence-corrected chi connectivity index (χ3v) is 4.11. The van der Waals surface area contributed by atoms with Crippen LogP contribution in [0.2, 0.25) is 0 Å². The van der Waals surface area contributed by atoms with E-state index in [0.29, 0.717) is 0 Å². The fraction of sp³-hybridized carbons (Fsp3) is 0.571. The first kappa shape index (κ1) is 13.0. The van der Waals surface area contributed by atoms with Crippen LogP contribution in [-0.2, 0) is 6.42 Å². The third kappa shape index (κ3) is 3.52. The van der Waals surface area contributed by atoms with Crippen molar-refractivity contribution in [2.24, 2.45) is 11.8 Å². The van der Waals surface area contributed by atoms with Crippen molar-refractivity contribution in [2.75, 3.05) is 13.1 Å². The van der Waals surface area contributed by atoms with E-state index >= 15 is 0 Å². The summed E-state index contributed by atoms with van der Waals surface area (Å²) in [7, 11) is 0. The minimum Gasteiger partial charge on any atom is -0.317 e. The molecule has 1 nitrogen and oxygen atoms in total. The molecule has 1 aliphatic carbocycles. The fourth-order valence-corrected chi connectivity index (χ4v) is 3.05. The average molecular weight is 300 g/mol. The number of hydrogen-bond donors (Lipinski definition) is 1. The lowest BCUT2D eigenvalue weighted by molar-refractivity contribution is 0.171. The van der Waals surface area contributed by atoms with Crippen LogP contribution < -0.4 is 5.32 Å². The summed E-state index contributed by atoms with van der Waals surface area (Å²) in [5.74, 6) is 1.36. The highest BCUT2D eigenvalue weighted by Crippen LogP contribution is 2.36. The molecule has 1 aromatic carbocycles. The first-order valence-electron chi connectivity index (χ1n) is 6.34. The van der Waals surface area contributed by atoms with E-state index in [1.807, 2.05) is 6.07 Å². The molecule has 1 N–H and O–H groups in total. The van der Waals surface area contributed by atoms with Gasteiger partial charge in [0.1, 0.15) is 5.82 Å². The molecule has 1 fully saturated rings. The molecule has 0 aromatic heterocycles. The minimum atomic E-state index is -0.142. The first-order valence-corrected chi connectivity index (χ1v) is 7.14. The lowest BCUT2D eigenvalue weighted by Gasteiger charge is -2.37. The lowest BCUT2D eigenvalue weighted by atomic mass is 9.70. The summed E-state index contributed by atoms with van der Waals surface area (Å²) < 4.78 is 14.1. The van der Waals surface area contributed by atoms with E-state index in [-0.39, 0.29) is 5.82 Å². The van der Waals surface area contributed by atoms with Crippen molar-refractivity contribution in [3.63, 3.8) is 0 Å². The maximum Gasteiger partial charge on any atom is 0.124 e. The second-order valence-electron chi connectivity index (χ2n) is 4.89. The summed E-state index contributed by atoms with van der Waals surface area (Å²) in [4.78, 5) is 0. The van der Waals surface area contributed by atoms with E-state index in [1.54, 1.807) is 6.07 Å². The smallest absolute Gasteiger partial charge is 0.124 e. The van der Waals surface area contributed by atoms with Crippen molar-refractivity contribution in [1.82, 2.24) is 5.32 Å². The van der Waals surface area contributed by atoms with E-state index in [0.717, 1.165) is 41.4 Å². The zero-order valence-electron chi connectivity index (χ0n) is 10.2. The molecule has 2 atom stereocenters. The summed E-state index contributed by atoms with van der Waals surface area (Å²) in [5.41, 5.74) is 1.11. The van der Waals surface area contributed by atoms with Gasteiger partial charge < -0.3 is 5.32 Å². The molecule has 2 unspecified atom stereocenters. The Labute approximate surface area is 111 Å². The van der Waals surface area contributed by atoms with Crippen LogP contribution in [0, 0.1) is 17.7 Å². The van der Waals surface area contributed by atoms with Crippen LogP contribution in [0.5, 0.6) is 0 Å². The largest absolute Gasteiger partial charge is 0.317 e. The number of nitrogens with one attached hydrogen (secondary N) is 1. The van der Waals surface area contributed by atoms with Crippen LogP contribution in [0.4, 0.5) is 4.39 Å². The van der Waals surface area contributed by atoms with Crippen LogP contribution in [0.1, 0.15) is 25.3 Å². The predicted molar refractivity (Wildman–Crippen MR) is 72.6 cm³/mol. The van der Waals surface area contributed by atoms with Gasteiger partial charge in [0.05, 0.1) is 0 Å². The Kier molecular flexibility index (Phi) is 4.57. The average Bonchev–Trinajstić information content (AvgIpc) is 2.24. The van der Waals surface area contributed by atoms with E-state index in [9.17, 15) is 4.39 Å². The van der Waals surface area contributed by atoms with Crippen LogP contribution in [0.15, 0.2) is 22.7 Å². The second kappa shape index (κ2) is 5.96. The molecule has 17 heavy (non-hydrogen) atoms. The molecule has 0 bridgehead atoms. The van der Waals surface area contributed by atoms with Gasteiger partial charge in [0.2, 0.25) is 0 Å². The van der Waals surface area contributed by atoms with Crippen molar-refractivity contribution in [3.05, 3.63) is 34.1 Å². The Morgan fingerprint density at radius 1 is 1.29 bits per heavy atom. The first-order chi connectivity index (χ1) is 8.19. The predicted octanol–water partition coefficient (Wildman–Crippen LogP) is 3.77. The van der Waals surface area contributed by atoms with Crippen LogP contribution in [0.3, 0.4) is 0 Å². The molecule has 0 spiro atoms. The van der Waals surface area contributed by atoms with Gasteiger partial charge in [0, 0.05) is 4.47 Å². The quantitative estimate of drug-likeness (QED) is 0.873. The lowest BCUT2D eigenvalue weighted by Crippen LogP contribution is -2.36. The van der Waals surface area contributed by atoms with Gasteiger partial charge in [0.15, 0.2) is 0 Å². The molecule has 1 saturated carbocycles. The van der Waals surface area contributed by atoms with Gasteiger partial charge in [-0.15, -0.1) is 0 Å². The molecule has 1 aromatic rings. The Balaban J connectivity index is 1.92. The van der Waals surface area contributed by atoms with Gasteiger partial charge >= 0.3 is 0 Å². The molecule has 0 amide bonds. The SMILES string of the molecule is CCNCC1CCC1Cc1cc(F)cc(Br)c1. The van der Waals surface area contributed by atoms with Crippen molar-refractivity contribution in [2.45, 2.75) is 26.2 Å².